The molecule has 0 amide bonds. The second kappa shape index (κ2) is 7.42. The van der Waals surface area contributed by atoms with Crippen LogP contribution in [0, 0.1) is 0 Å². The normalized spacial score (nSPS) is 10.5. The first-order valence-corrected chi connectivity index (χ1v) is 6.67. The number of thioether (sulfide) groups is 1. The molecule has 0 aliphatic heterocycles. The van der Waals surface area contributed by atoms with Gasteiger partial charge in [0.2, 0.25) is 0 Å². The van der Waals surface area contributed by atoms with E-state index < -0.39 is 0 Å². The average Bonchev–Trinajstić information content (AvgIpc) is 2.63. The average molecular weight is 215 g/mol. The molecule has 0 spiro atoms. The van der Waals surface area contributed by atoms with Crippen LogP contribution in [-0.4, -0.2) is 18.8 Å². The predicted octanol–water partition coefficient (Wildman–Crippen LogP) is 3.23. The molecule has 0 aliphatic carbocycles. The summed E-state index contributed by atoms with van der Waals surface area (Å²) in [7, 11) is 0. The molecule has 0 radical (unpaired) electrons. The molecule has 1 nitrogen and oxygen atoms in total. The maximum atomic E-state index is 3.34. The van der Waals surface area contributed by atoms with Crippen LogP contribution in [0.1, 0.15) is 19.8 Å². The lowest BCUT2D eigenvalue weighted by Crippen LogP contribution is -2.13. The van der Waals surface area contributed by atoms with Crippen LogP contribution in [-0.2, 0) is 0 Å². The van der Waals surface area contributed by atoms with Crippen LogP contribution in [0.4, 0.5) is 0 Å². The van der Waals surface area contributed by atoms with E-state index in [4.69, 9.17) is 0 Å². The Hall–Kier alpha value is 0.01000. The fourth-order valence-electron chi connectivity index (χ4n) is 1.05. The Morgan fingerprint density at radius 1 is 1.46 bits per heavy atom. The van der Waals surface area contributed by atoms with Crippen LogP contribution in [0.5, 0.6) is 0 Å². The standard InChI is InChI=1S/C10H17NS2/c1-2-11-7-3-4-8-12-10-6-5-9-13-10/h5-6,9,11H,2-4,7-8H2,1H3. The molecule has 0 bridgehead atoms. The molecule has 13 heavy (non-hydrogen) atoms. The largest absolute Gasteiger partial charge is 0.317 e. The summed E-state index contributed by atoms with van der Waals surface area (Å²) in [6, 6.07) is 4.31. The van der Waals surface area contributed by atoms with Gasteiger partial charge in [0.25, 0.3) is 0 Å². The highest BCUT2D eigenvalue weighted by Gasteiger charge is 1.93. The summed E-state index contributed by atoms with van der Waals surface area (Å²) >= 11 is 3.81. The highest BCUT2D eigenvalue weighted by molar-refractivity contribution is 8.01. The van der Waals surface area contributed by atoms with Crippen molar-refractivity contribution in [1.82, 2.24) is 5.32 Å². The lowest BCUT2D eigenvalue weighted by molar-refractivity contribution is 0.666. The first kappa shape index (κ1) is 11.1. The zero-order chi connectivity index (χ0) is 9.36. The number of rotatable bonds is 7. The van der Waals surface area contributed by atoms with Crippen LogP contribution in [0.15, 0.2) is 21.7 Å². The van der Waals surface area contributed by atoms with Gasteiger partial charge in [0.05, 0.1) is 4.21 Å². The lowest BCUT2D eigenvalue weighted by Gasteiger charge is -2.00. The fourth-order valence-corrected chi connectivity index (χ4v) is 2.91. The maximum Gasteiger partial charge on any atom is 0.0598 e. The molecule has 1 rings (SSSR count). The predicted molar refractivity (Wildman–Crippen MR) is 62.8 cm³/mol. The van der Waals surface area contributed by atoms with Crippen LogP contribution >= 0.6 is 23.1 Å². The minimum atomic E-state index is 1.10. The minimum absolute atomic E-state index is 1.10. The van der Waals surface area contributed by atoms with Gasteiger partial charge in [-0.1, -0.05) is 13.0 Å². The van der Waals surface area contributed by atoms with Gasteiger partial charge in [0.1, 0.15) is 0 Å². The molecule has 1 aromatic heterocycles. The zero-order valence-electron chi connectivity index (χ0n) is 8.08. The summed E-state index contributed by atoms with van der Waals surface area (Å²) in [4.78, 5) is 0. The number of thiophene rings is 1. The summed E-state index contributed by atoms with van der Waals surface area (Å²) < 4.78 is 1.45. The molecule has 1 aromatic rings. The molecule has 1 heterocycles. The summed E-state index contributed by atoms with van der Waals surface area (Å²) in [6.07, 6.45) is 2.61. The van der Waals surface area contributed by atoms with Gasteiger partial charge in [-0.3, -0.25) is 0 Å². The Bertz CT molecular complexity index is 197. The topological polar surface area (TPSA) is 12.0 Å². The Morgan fingerprint density at radius 3 is 3.08 bits per heavy atom. The first-order chi connectivity index (χ1) is 6.43. The Labute approximate surface area is 88.9 Å². The molecule has 74 valence electrons. The molecule has 0 aliphatic rings. The fraction of sp³-hybridized carbons (Fsp3) is 0.600. The summed E-state index contributed by atoms with van der Waals surface area (Å²) in [6.45, 7) is 4.42. The molecule has 0 saturated carbocycles. The van der Waals surface area contributed by atoms with E-state index >= 15 is 0 Å². The van der Waals surface area contributed by atoms with Crippen LogP contribution in [0.2, 0.25) is 0 Å². The van der Waals surface area contributed by atoms with Gasteiger partial charge >= 0.3 is 0 Å². The van der Waals surface area contributed by atoms with E-state index in [9.17, 15) is 0 Å². The quantitative estimate of drug-likeness (QED) is 0.553. The summed E-state index contributed by atoms with van der Waals surface area (Å²) in [5.74, 6) is 1.26. The van der Waals surface area contributed by atoms with Crippen molar-refractivity contribution in [3.63, 3.8) is 0 Å². The van der Waals surface area contributed by atoms with Gasteiger partial charge in [0, 0.05) is 0 Å². The number of hydrogen-bond acceptors (Lipinski definition) is 3. The van der Waals surface area contributed by atoms with Crippen molar-refractivity contribution in [1.29, 1.82) is 0 Å². The molecule has 0 fully saturated rings. The van der Waals surface area contributed by atoms with Gasteiger partial charge in [-0.25, -0.2) is 0 Å². The van der Waals surface area contributed by atoms with Crippen LogP contribution in [0.25, 0.3) is 0 Å². The SMILES string of the molecule is CCNCCCCSc1cccs1. The Balaban J connectivity index is 1.90. The third kappa shape index (κ3) is 5.34. The van der Waals surface area contributed by atoms with Gasteiger partial charge in [0.15, 0.2) is 0 Å². The van der Waals surface area contributed by atoms with Gasteiger partial charge in [-0.15, -0.1) is 23.1 Å². The molecule has 1 N–H and O–H groups in total. The molecule has 0 saturated heterocycles. The van der Waals surface area contributed by atoms with Gasteiger partial charge in [-0.05, 0) is 43.1 Å². The molecule has 0 atom stereocenters. The van der Waals surface area contributed by atoms with Crippen LogP contribution < -0.4 is 5.32 Å². The van der Waals surface area contributed by atoms with Crippen molar-refractivity contribution in [2.24, 2.45) is 0 Å². The van der Waals surface area contributed by atoms with E-state index in [0.29, 0.717) is 0 Å². The van der Waals surface area contributed by atoms with E-state index in [0.717, 1.165) is 6.54 Å². The number of nitrogens with one attached hydrogen (secondary N) is 1. The maximum absolute atomic E-state index is 3.34. The monoisotopic (exact) mass is 215 g/mol. The number of unbranched alkanes of at least 4 members (excludes halogenated alkanes) is 1. The second-order valence-corrected chi connectivity index (χ2v) is 5.18. The van der Waals surface area contributed by atoms with Gasteiger partial charge in [-0.2, -0.15) is 0 Å². The third-order valence-electron chi connectivity index (χ3n) is 1.74. The Kier molecular flexibility index (Phi) is 6.33. The second-order valence-electron chi connectivity index (χ2n) is 2.84. The first-order valence-electron chi connectivity index (χ1n) is 4.80. The number of hydrogen-bond donors (Lipinski definition) is 1. The van der Waals surface area contributed by atoms with E-state index in [1.807, 2.05) is 23.1 Å². The van der Waals surface area contributed by atoms with Crippen molar-refractivity contribution in [2.45, 2.75) is 24.0 Å². The van der Waals surface area contributed by atoms with Crippen LogP contribution in [0.3, 0.4) is 0 Å². The zero-order valence-corrected chi connectivity index (χ0v) is 9.72. The molecular formula is C10H17NS2. The highest BCUT2D eigenvalue weighted by Crippen LogP contribution is 2.23. The van der Waals surface area contributed by atoms with Crippen molar-refractivity contribution < 1.29 is 0 Å². The Morgan fingerprint density at radius 2 is 2.38 bits per heavy atom. The van der Waals surface area contributed by atoms with Gasteiger partial charge < -0.3 is 5.32 Å². The third-order valence-corrected chi connectivity index (χ3v) is 3.95. The van der Waals surface area contributed by atoms with E-state index in [-0.39, 0.29) is 0 Å². The molecular weight excluding hydrogens is 198 g/mol. The van der Waals surface area contributed by atoms with E-state index in [1.165, 1.54) is 29.3 Å². The van der Waals surface area contributed by atoms with Crippen molar-refractivity contribution in [2.75, 3.05) is 18.8 Å². The van der Waals surface area contributed by atoms with E-state index in [2.05, 4.69) is 29.8 Å². The molecule has 3 heteroatoms. The van der Waals surface area contributed by atoms with E-state index in [1.54, 1.807) is 0 Å². The van der Waals surface area contributed by atoms with Crippen molar-refractivity contribution in [3.05, 3.63) is 17.5 Å². The van der Waals surface area contributed by atoms with Crippen molar-refractivity contribution in [3.8, 4) is 0 Å². The minimum Gasteiger partial charge on any atom is -0.317 e. The highest BCUT2D eigenvalue weighted by atomic mass is 32.2. The van der Waals surface area contributed by atoms with Crippen molar-refractivity contribution >= 4 is 23.1 Å². The smallest absolute Gasteiger partial charge is 0.0598 e. The molecule has 0 unspecified atom stereocenters. The summed E-state index contributed by atoms with van der Waals surface area (Å²) in [5.41, 5.74) is 0. The lowest BCUT2D eigenvalue weighted by atomic mass is 10.3. The molecule has 0 aromatic carbocycles. The summed E-state index contributed by atoms with van der Waals surface area (Å²) in [5, 5.41) is 5.48.